The first-order chi connectivity index (χ1) is 14.2. The SMILES string of the molecule is Cc1nc2ccc([C@H]3CC(N4CCCC4=O)c4c(ccc5[nH]ncc45)N3)cc2s1. The molecule has 1 unspecified atom stereocenters. The van der Waals surface area contributed by atoms with Gasteiger partial charge in [-0.15, -0.1) is 11.3 Å². The molecule has 6 nitrogen and oxygen atoms in total. The van der Waals surface area contributed by atoms with Gasteiger partial charge in [-0.2, -0.15) is 5.10 Å². The van der Waals surface area contributed by atoms with Crippen molar-refractivity contribution in [3.63, 3.8) is 0 Å². The lowest BCUT2D eigenvalue weighted by Gasteiger charge is -2.38. The van der Waals surface area contributed by atoms with Crippen LogP contribution in [-0.4, -0.2) is 32.5 Å². The summed E-state index contributed by atoms with van der Waals surface area (Å²) >= 11 is 1.73. The number of nitrogens with zero attached hydrogens (tertiary/aromatic N) is 3. The number of aromatic amines is 1. The second-order valence-corrected chi connectivity index (χ2v) is 9.19. The predicted molar refractivity (Wildman–Crippen MR) is 115 cm³/mol. The molecule has 1 amide bonds. The van der Waals surface area contributed by atoms with Gasteiger partial charge in [0.2, 0.25) is 5.91 Å². The summed E-state index contributed by atoms with van der Waals surface area (Å²) in [6, 6.07) is 10.9. The number of benzene rings is 2. The van der Waals surface area contributed by atoms with Crippen LogP contribution in [0.4, 0.5) is 5.69 Å². The average Bonchev–Trinajstić information content (AvgIpc) is 3.44. The molecule has 4 aromatic rings. The van der Waals surface area contributed by atoms with Crippen LogP contribution in [-0.2, 0) is 4.79 Å². The Hall–Kier alpha value is -2.93. The van der Waals surface area contributed by atoms with Crippen LogP contribution >= 0.6 is 11.3 Å². The lowest BCUT2D eigenvalue weighted by atomic mass is 9.86. The molecule has 0 radical (unpaired) electrons. The van der Waals surface area contributed by atoms with Gasteiger partial charge in [-0.25, -0.2) is 4.98 Å². The molecule has 2 atom stereocenters. The molecule has 146 valence electrons. The van der Waals surface area contributed by atoms with E-state index >= 15 is 0 Å². The minimum atomic E-state index is 0.0615. The monoisotopic (exact) mass is 403 g/mol. The molecule has 0 bridgehead atoms. The highest BCUT2D eigenvalue weighted by molar-refractivity contribution is 7.18. The van der Waals surface area contributed by atoms with Crippen molar-refractivity contribution in [3.8, 4) is 0 Å². The van der Waals surface area contributed by atoms with Gasteiger partial charge in [-0.05, 0) is 49.6 Å². The first-order valence-electron chi connectivity index (χ1n) is 10.1. The Labute approximate surface area is 171 Å². The number of hydrogen-bond donors (Lipinski definition) is 2. The number of carbonyl (C=O) groups excluding carboxylic acids is 1. The minimum absolute atomic E-state index is 0.0615. The molecule has 29 heavy (non-hydrogen) atoms. The van der Waals surface area contributed by atoms with E-state index in [9.17, 15) is 4.79 Å². The Morgan fingerprint density at radius 3 is 3.03 bits per heavy atom. The van der Waals surface area contributed by atoms with Gasteiger partial charge in [-0.3, -0.25) is 9.89 Å². The number of hydrogen-bond acceptors (Lipinski definition) is 5. The van der Waals surface area contributed by atoms with E-state index in [0.29, 0.717) is 6.42 Å². The van der Waals surface area contributed by atoms with E-state index in [-0.39, 0.29) is 18.0 Å². The number of rotatable bonds is 2. The van der Waals surface area contributed by atoms with E-state index in [2.05, 4.69) is 55.7 Å². The molecule has 2 aliphatic heterocycles. The summed E-state index contributed by atoms with van der Waals surface area (Å²) in [4.78, 5) is 19.3. The van der Waals surface area contributed by atoms with E-state index < -0.39 is 0 Å². The van der Waals surface area contributed by atoms with Gasteiger partial charge >= 0.3 is 0 Å². The molecule has 0 aliphatic carbocycles. The van der Waals surface area contributed by atoms with Crippen molar-refractivity contribution in [2.45, 2.75) is 38.3 Å². The molecular weight excluding hydrogens is 382 g/mol. The average molecular weight is 404 g/mol. The Balaban J connectivity index is 1.47. The standard InChI is InChI=1S/C22H21N5OS/c1-12-24-16-5-4-13(9-20(16)29-12)18-10-19(27-8-2-3-21(27)28)22-14-11-23-26-15(14)6-7-17(22)25-18/h4-7,9,11,18-19,25H,2-3,8,10H2,1H3,(H,23,26)/t18-,19?/m1/s1. The van der Waals surface area contributed by atoms with Crippen molar-refractivity contribution in [2.75, 3.05) is 11.9 Å². The van der Waals surface area contributed by atoms with Crippen LogP contribution in [0.3, 0.4) is 0 Å². The number of aryl methyl sites for hydroxylation is 1. The van der Waals surface area contributed by atoms with Crippen LogP contribution in [0.15, 0.2) is 36.5 Å². The van der Waals surface area contributed by atoms with Gasteiger partial charge in [0.05, 0.1) is 39.0 Å². The summed E-state index contributed by atoms with van der Waals surface area (Å²) in [6.45, 7) is 2.88. The summed E-state index contributed by atoms with van der Waals surface area (Å²) in [5, 5.41) is 13.2. The summed E-state index contributed by atoms with van der Waals surface area (Å²) in [5.41, 5.74) is 5.61. The van der Waals surface area contributed by atoms with Crippen molar-refractivity contribution in [3.05, 3.63) is 52.7 Å². The van der Waals surface area contributed by atoms with E-state index in [1.807, 2.05) is 13.1 Å². The number of fused-ring (bicyclic) bond motifs is 4. The molecule has 4 heterocycles. The number of amides is 1. The lowest BCUT2D eigenvalue weighted by Crippen LogP contribution is -2.35. The maximum Gasteiger partial charge on any atom is 0.223 e. The Morgan fingerprint density at radius 1 is 1.24 bits per heavy atom. The van der Waals surface area contributed by atoms with Crippen molar-refractivity contribution in [1.29, 1.82) is 0 Å². The van der Waals surface area contributed by atoms with Gasteiger partial charge in [0.15, 0.2) is 0 Å². The van der Waals surface area contributed by atoms with Gasteiger partial charge in [0.25, 0.3) is 0 Å². The zero-order chi connectivity index (χ0) is 19.5. The van der Waals surface area contributed by atoms with Crippen molar-refractivity contribution in [1.82, 2.24) is 20.1 Å². The third-order valence-electron chi connectivity index (χ3n) is 6.20. The number of likely N-dealkylation sites (tertiary alicyclic amines) is 1. The van der Waals surface area contributed by atoms with Crippen LogP contribution in [0, 0.1) is 6.92 Å². The Morgan fingerprint density at radius 2 is 2.17 bits per heavy atom. The number of aromatic nitrogens is 3. The fourth-order valence-corrected chi connectivity index (χ4v) is 5.76. The normalized spacial score (nSPS) is 21.7. The second-order valence-electron chi connectivity index (χ2n) is 7.96. The van der Waals surface area contributed by atoms with Crippen LogP contribution in [0.5, 0.6) is 0 Å². The summed E-state index contributed by atoms with van der Waals surface area (Å²) in [5.74, 6) is 0.260. The first kappa shape index (κ1) is 17.0. The molecule has 0 spiro atoms. The Bertz CT molecular complexity index is 1260. The molecule has 2 aromatic carbocycles. The molecule has 1 fully saturated rings. The third-order valence-corrected chi connectivity index (χ3v) is 7.13. The van der Waals surface area contributed by atoms with Gasteiger partial charge in [0, 0.05) is 29.6 Å². The number of carbonyl (C=O) groups is 1. The van der Waals surface area contributed by atoms with Crippen LogP contribution in [0.25, 0.3) is 21.1 Å². The fraction of sp³-hybridized carbons (Fsp3) is 0.318. The molecule has 2 aromatic heterocycles. The lowest BCUT2D eigenvalue weighted by molar-refractivity contribution is -0.130. The highest BCUT2D eigenvalue weighted by Crippen LogP contribution is 2.46. The largest absolute Gasteiger partial charge is 0.378 e. The molecular formula is C22H21N5OS. The first-order valence-corrected chi connectivity index (χ1v) is 10.9. The van der Waals surface area contributed by atoms with Crippen molar-refractivity contribution in [2.24, 2.45) is 0 Å². The summed E-state index contributed by atoms with van der Waals surface area (Å²) in [6.07, 6.45) is 4.33. The third kappa shape index (κ3) is 2.64. The molecule has 2 aliphatic rings. The molecule has 6 rings (SSSR count). The maximum atomic E-state index is 12.7. The van der Waals surface area contributed by atoms with E-state index in [1.165, 1.54) is 15.8 Å². The predicted octanol–water partition coefficient (Wildman–Crippen LogP) is 4.70. The molecule has 1 saturated heterocycles. The van der Waals surface area contributed by atoms with Gasteiger partial charge in [-0.1, -0.05) is 6.07 Å². The Kier molecular flexibility index (Phi) is 3.68. The quantitative estimate of drug-likeness (QED) is 0.509. The number of H-pyrrole nitrogens is 1. The molecule has 2 N–H and O–H groups in total. The van der Waals surface area contributed by atoms with E-state index in [0.717, 1.165) is 46.5 Å². The van der Waals surface area contributed by atoms with Crippen molar-refractivity contribution < 1.29 is 4.79 Å². The van der Waals surface area contributed by atoms with Gasteiger partial charge < -0.3 is 10.2 Å². The molecule has 0 saturated carbocycles. The minimum Gasteiger partial charge on any atom is -0.378 e. The van der Waals surface area contributed by atoms with E-state index in [4.69, 9.17) is 0 Å². The van der Waals surface area contributed by atoms with Gasteiger partial charge in [0.1, 0.15) is 0 Å². The highest BCUT2D eigenvalue weighted by Gasteiger charge is 2.37. The number of thiazole rings is 1. The zero-order valence-electron chi connectivity index (χ0n) is 16.1. The van der Waals surface area contributed by atoms with Crippen molar-refractivity contribution >= 4 is 44.1 Å². The van der Waals surface area contributed by atoms with Crippen LogP contribution < -0.4 is 5.32 Å². The summed E-state index contributed by atoms with van der Waals surface area (Å²) < 4.78 is 1.21. The smallest absolute Gasteiger partial charge is 0.223 e. The summed E-state index contributed by atoms with van der Waals surface area (Å²) in [7, 11) is 0. The van der Waals surface area contributed by atoms with Crippen LogP contribution in [0.1, 0.15) is 47.5 Å². The topological polar surface area (TPSA) is 73.9 Å². The molecule has 7 heteroatoms. The van der Waals surface area contributed by atoms with E-state index in [1.54, 1.807) is 11.3 Å². The van der Waals surface area contributed by atoms with Crippen LogP contribution in [0.2, 0.25) is 0 Å². The second kappa shape index (κ2) is 6.29. The zero-order valence-corrected chi connectivity index (χ0v) is 16.9. The fourth-order valence-electron chi connectivity index (χ4n) is 4.89. The number of nitrogens with one attached hydrogen (secondary N) is 2. The highest BCUT2D eigenvalue weighted by atomic mass is 32.1. The maximum absolute atomic E-state index is 12.7. The number of anilines is 1.